The van der Waals surface area contributed by atoms with Crippen LogP contribution in [0.5, 0.6) is 0 Å². The second-order valence-electron chi connectivity index (χ2n) is 3.64. The second-order valence-corrected chi connectivity index (χ2v) is 5.03. The molecule has 0 heterocycles. The van der Waals surface area contributed by atoms with Crippen LogP contribution in [-0.2, 0) is 10.1 Å². The van der Waals surface area contributed by atoms with Gasteiger partial charge in [0.2, 0.25) is 0 Å². The molecule has 20 heavy (non-hydrogen) atoms. The molecule has 106 valence electrons. The molecular weight excluding hydrogens is 280 g/mol. The fourth-order valence-corrected chi connectivity index (χ4v) is 2.01. The summed E-state index contributed by atoms with van der Waals surface area (Å²) in [5.41, 5.74) is 3.42. The summed E-state index contributed by atoms with van der Waals surface area (Å²) in [5.74, 6) is 5.10. The zero-order valence-corrected chi connectivity index (χ0v) is 11.2. The Hall–Kier alpha value is -2.22. The number of hydrogen-bond donors (Lipinski definition) is 3. The number of nitrogen functional groups attached to an aromatic ring is 1. The Kier molecular flexibility index (Phi) is 5.85. The lowest BCUT2D eigenvalue weighted by Gasteiger charge is -1.98. The number of hydrogen-bond acceptors (Lipinski definition) is 5. The minimum absolute atomic E-state index is 0.0417. The standard InChI is InChI=1S/C7H6O4S.C6H8N2/c8-5-6-3-1-2-4-7(6)12(9,10)11;7-8-6-4-2-1-3-5-6/h1-5H,(H,9,10,11);1-5,8H,7H2. The highest BCUT2D eigenvalue weighted by molar-refractivity contribution is 7.86. The van der Waals surface area contributed by atoms with Crippen LogP contribution in [0, 0.1) is 0 Å². The maximum absolute atomic E-state index is 10.6. The molecule has 0 saturated carbocycles. The van der Waals surface area contributed by atoms with E-state index in [9.17, 15) is 13.2 Å². The number of nitrogens with one attached hydrogen (secondary N) is 1. The molecule has 4 N–H and O–H groups in total. The summed E-state index contributed by atoms with van der Waals surface area (Å²) in [6.45, 7) is 0. The van der Waals surface area contributed by atoms with E-state index in [4.69, 9.17) is 10.4 Å². The van der Waals surface area contributed by atoms with Crippen molar-refractivity contribution in [1.82, 2.24) is 0 Å². The van der Waals surface area contributed by atoms with Crippen LogP contribution >= 0.6 is 0 Å². The first-order valence-corrected chi connectivity index (χ1v) is 6.96. The third kappa shape index (κ3) is 4.81. The molecule has 6 nitrogen and oxygen atoms in total. The zero-order valence-electron chi connectivity index (χ0n) is 10.4. The number of anilines is 1. The van der Waals surface area contributed by atoms with Gasteiger partial charge in [-0.3, -0.25) is 15.2 Å². The fraction of sp³-hybridized carbons (Fsp3) is 0. The minimum Gasteiger partial charge on any atom is -0.324 e. The van der Waals surface area contributed by atoms with Crippen molar-refractivity contribution in [1.29, 1.82) is 0 Å². The van der Waals surface area contributed by atoms with Gasteiger partial charge < -0.3 is 5.43 Å². The molecule has 0 aromatic heterocycles. The number of benzene rings is 2. The van der Waals surface area contributed by atoms with Crippen molar-refractivity contribution >= 4 is 22.1 Å². The molecule has 0 saturated heterocycles. The van der Waals surface area contributed by atoms with Gasteiger partial charge in [0.05, 0.1) is 0 Å². The predicted octanol–water partition coefficient (Wildman–Crippen LogP) is 1.72. The van der Waals surface area contributed by atoms with E-state index >= 15 is 0 Å². The first kappa shape index (κ1) is 15.8. The van der Waals surface area contributed by atoms with Crippen molar-refractivity contribution in [3.63, 3.8) is 0 Å². The van der Waals surface area contributed by atoms with Crippen molar-refractivity contribution in [3.05, 3.63) is 60.2 Å². The van der Waals surface area contributed by atoms with Gasteiger partial charge in [-0.05, 0) is 18.2 Å². The summed E-state index contributed by atoms with van der Waals surface area (Å²) in [7, 11) is -4.28. The highest BCUT2D eigenvalue weighted by Crippen LogP contribution is 2.12. The number of carbonyl (C=O) groups excluding carboxylic acids is 1. The topological polar surface area (TPSA) is 109 Å². The molecule has 0 aliphatic heterocycles. The molecule has 2 aromatic rings. The summed E-state index contributed by atoms with van der Waals surface area (Å²) in [6.07, 6.45) is 0.378. The molecule has 0 aliphatic carbocycles. The maximum atomic E-state index is 10.6. The molecule has 0 aliphatic rings. The van der Waals surface area contributed by atoms with Crippen LogP contribution in [0.2, 0.25) is 0 Å². The summed E-state index contributed by atoms with van der Waals surface area (Å²) in [6, 6.07) is 15.0. The smallest absolute Gasteiger partial charge is 0.295 e. The lowest BCUT2D eigenvalue weighted by Crippen LogP contribution is -2.05. The van der Waals surface area contributed by atoms with E-state index < -0.39 is 10.1 Å². The predicted molar refractivity (Wildman–Crippen MR) is 75.9 cm³/mol. The minimum atomic E-state index is -4.28. The van der Waals surface area contributed by atoms with Crippen LogP contribution in [0.4, 0.5) is 5.69 Å². The molecular formula is C13H14N2O4S. The van der Waals surface area contributed by atoms with E-state index in [1.165, 1.54) is 24.3 Å². The number of carbonyl (C=O) groups is 1. The quantitative estimate of drug-likeness (QED) is 0.344. The van der Waals surface area contributed by atoms with Gasteiger partial charge in [-0.2, -0.15) is 8.42 Å². The third-order valence-corrected chi connectivity index (χ3v) is 3.19. The van der Waals surface area contributed by atoms with Gasteiger partial charge in [0.15, 0.2) is 6.29 Å². The van der Waals surface area contributed by atoms with Gasteiger partial charge in [-0.15, -0.1) is 0 Å². The van der Waals surface area contributed by atoms with Crippen LogP contribution in [0.25, 0.3) is 0 Å². The molecule has 0 fully saturated rings. The average molecular weight is 294 g/mol. The fourth-order valence-electron chi connectivity index (χ4n) is 1.35. The van der Waals surface area contributed by atoms with Crippen molar-refractivity contribution in [2.75, 3.05) is 5.43 Å². The number of aldehydes is 1. The Morgan fingerprint density at radius 3 is 1.95 bits per heavy atom. The number of nitrogens with two attached hydrogens (primary N) is 1. The molecule has 0 amide bonds. The molecule has 0 bridgehead atoms. The largest absolute Gasteiger partial charge is 0.324 e. The average Bonchev–Trinajstić information content (AvgIpc) is 2.48. The highest BCUT2D eigenvalue weighted by Gasteiger charge is 2.13. The third-order valence-electron chi connectivity index (χ3n) is 2.26. The lowest BCUT2D eigenvalue weighted by atomic mass is 10.2. The van der Waals surface area contributed by atoms with E-state index in [2.05, 4.69) is 5.43 Å². The van der Waals surface area contributed by atoms with E-state index in [0.717, 1.165) is 5.69 Å². The van der Waals surface area contributed by atoms with Crippen LogP contribution in [0.15, 0.2) is 59.5 Å². The molecule has 0 spiro atoms. The van der Waals surface area contributed by atoms with Crippen molar-refractivity contribution in [2.45, 2.75) is 4.90 Å². The van der Waals surface area contributed by atoms with Gasteiger partial charge in [0.1, 0.15) is 4.90 Å². The summed E-state index contributed by atoms with van der Waals surface area (Å²) < 4.78 is 29.8. The van der Waals surface area contributed by atoms with Crippen molar-refractivity contribution in [3.8, 4) is 0 Å². The number of rotatable bonds is 3. The van der Waals surface area contributed by atoms with Gasteiger partial charge >= 0.3 is 0 Å². The summed E-state index contributed by atoms with van der Waals surface area (Å²) in [5, 5.41) is 0. The van der Waals surface area contributed by atoms with Crippen LogP contribution in [0.1, 0.15) is 10.4 Å². The first-order valence-electron chi connectivity index (χ1n) is 5.52. The summed E-state index contributed by atoms with van der Waals surface area (Å²) >= 11 is 0. The van der Waals surface area contributed by atoms with Gasteiger partial charge in [0.25, 0.3) is 10.1 Å². The Morgan fingerprint density at radius 2 is 1.55 bits per heavy atom. The monoisotopic (exact) mass is 294 g/mol. The summed E-state index contributed by atoms with van der Waals surface area (Å²) in [4.78, 5) is 9.94. The Labute approximate surface area is 117 Å². The van der Waals surface area contributed by atoms with E-state index in [1.54, 1.807) is 0 Å². The molecule has 0 radical (unpaired) electrons. The number of para-hydroxylation sites is 1. The van der Waals surface area contributed by atoms with Gasteiger partial charge in [0, 0.05) is 11.3 Å². The number of hydrazine groups is 1. The molecule has 0 unspecified atom stereocenters. The molecule has 2 aromatic carbocycles. The van der Waals surface area contributed by atoms with Crippen molar-refractivity contribution in [2.24, 2.45) is 5.84 Å². The van der Waals surface area contributed by atoms with E-state index in [0.29, 0.717) is 6.29 Å². The Balaban J connectivity index is 0.000000217. The Bertz CT molecular complexity index is 657. The van der Waals surface area contributed by atoms with Gasteiger partial charge in [-0.1, -0.05) is 36.4 Å². The maximum Gasteiger partial charge on any atom is 0.295 e. The van der Waals surface area contributed by atoms with Crippen LogP contribution in [0.3, 0.4) is 0 Å². The lowest BCUT2D eigenvalue weighted by molar-refractivity contribution is 0.112. The van der Waals surface area contributed by atoms with E-state index in [-0.39, 0.29) is 10.5 Å². The van der Waals surface area contributed by atoms with Crippen LogP contribution < -0.4 is 11.3 Å². The Morgan fingerprint density at radius 1 is 1.00 bits per heavy atom. The van der Waals surface area contributed by atoms with Gasteiger partial charge in [-0.25, -0.2) is 0 Å². The first-order chi connectivity index (χ1) is 9.49. The van der Waals surface area contributed by atoms with Crippen LogP contribution in [-0.4, -0.2) is 19.3 Å². The normalized spacial score (nSPS) is 10.1. The SMILES string of the molecule is NNc1ccccc1.O=Cc1ccccc1S(=O)(=O)O. The molecule has 7 heteroatoms. The second kappa shape index (κ2) is 7.39. The van der Waals surface area contributed by atoms with Crippen molar-refractivity contribution < 1.29 is 17.8 Å². The molecule has 0 atom stereocenters. The van der Waals surface area contributed by atoms with E-state index in [1.807, 2.05) is 30.3 Å². The zero-order chi connectivity index (χ0) is 15.0. The molecule has 2 rings (SSSR count). The highest BCUT2D eigenvalue weighted by atomic mass is 32.2.